The van der Waals surface area contributed by atoms with E-state index in [1.165, 1.54) is 18.4 Å². The molecule has 1 aromatic rings. The minimum absolute atomic E-state index is 0.0447. The normalized spacial score (nSPS) is 17.9. The van der Waals surface area contributed by atoms with Crippen LogP contribution in [0.1, 0.15) is 49.7 Å². The molecule has 0 bridgehead atoms. The zero-order valence-corrected chi connectivity index (χ0v) is 8.79. The molecule has 14 heavy (non-hydrogen) atoms. The predicted octanol–water partition coefficient (Wildman–Crippen LogP) is 3.26. The fourth-order valence-corrected chi connectivity index (χ4v) is 1.71. The van der Waals surface area contributed by atoms with E-state index in [4.69, 9.17) is 0 Å². The molecular formula is C13H16O. The minimum atomic E-state index is 0.0447. The second kappa shape index (κ2) is 3.56. The average molecular weight is 188 g/mol. The highest BCUT2D eigenvalue weighted by molar-refractivity contribution is 5.82. The first-order valence-corrected chi connectivity index (χ1v) is 5.29. The molecule has 1 aromatic carbocycles. The van der Waals surface area contributed by atoms with E-state index in [2.05, 4.69) is 24.3 Å². The quantitative estimate of drug-likeness (QED) is 0.711. The van der Waals surface area contributed by atoms with Gasteiger partial charge in [0.2, 0.25) is 0 Å². The molecule has 1 nitrogen and oxygen atoms in total. The lowest BCUT2D eigenvalue weighted by atomic mass is 9.96. The molecule has 0 amide bonds. The Morgan fingerprint density at radius 2 is 1.86 bits per heavy atom. The lowest BCUT2D eigenvalue weighted by molar-refractivity contribution is -0.118. The summed E-state index contributed by atoms with van der Waals surface area (Å²) >= 11 is 0. The van der Waals surface area contributed by atoms with Crippen LogP contribution in [0.2, 0.25) is 0 Å². The van der Waals surface area contributed by atoms with Gasteiger partial charge in [-0.05, 0) is 36.8 Å². The fourth-order valence-electron chi connectivity index (χ4n) is 1.71. The predicted molar refractivity (Wildman–Crippen MR) is 57.5 cm³/mol. The molecule has 1 aliphatic rings. The number of benzene rings is 1. The van der Waals surface area contributed by atoms with Crippen molar-refractivity contribution in [1.29, 1.82) is 0 Å². The van der Waals surface area contributed by atoms with Crippen LogP contribution >= 0.6 is 0 Å². The lowest BCUT2D eigenvalue weighted by Crippen LogP contribution is -2.03. The van der Waals surface area contributed by atoms with Crippen molar-refractivity contribution < 1.29 is 4.79 Å². The standard InChI is InChI=1S/C13H16O/c1-9(10(2)14)11-3-5-12(6-4-11)13-7-8-13/h3-6,9,13H,7-8H2,1-2H3. The highest BCUT2D eigenvalue weighted by atomic mass is 16.1. The summed E-state index contributed by atoms with van der Waals surface area (Å²) in [5.74, 6) is 1.09. The third-order valence-electron chi connectivity index (χ3n) is 3.10. The summed E-state index contributed by atoms with van der Waals surface area (Å²) in [4.78, 5) is 11.2. The second-order valence-corrected chi connectivity index (χ2v) is 4.27. The van der Waals surface area contributed by atoms with Crippen LogP contribution in [-0.4, -0.2) is 5.78 Å². The van der Waals surface area contributed by atoms with E-state index in [1.807, 2.05) is 6.92 Å². The van der Waals surface area contributed by atoms with Gasteiger partial charge in [-0.2, -0.15) is 0 Å². The minimum Gasteiger partial charge on any atom is -0.299 e. The number of carbonyl (C=O) groups excluding carboxylic acids is 1. The molecule has 0 spiro atoms. The molecule has 1 saturated carbocycles. The van der Waals surface area contributed by atoms with Crippen LogP contribution in [0.4, 0.5) is 0 Å². The zero-order valence-electron chi connectivity index (χ0n) is 8.79. The maximum absolute atomic E-state index is 11.2. The first-order chi connectivity index (χ1) is 6.68. The van der Waals surface area contributed by atoms with Crippen LogP contribution in [0, 0.1) is 0 Å². The summed E-state index contributed by atoms with van der Waals surface area (Å²) in [7, 11) is 0. The Labute approximate surface area is 85.1 Å². The van der Waals surface area contributed by atoms with E-state index >= 15 is 0 Å². The first-order valence-electron chi connectivity index (χ1n) is 5.29. The molecule has 1 heteroatoms. The summed E-state index contributed by atoms with van der Waals surface area (Å²) in [6.45, 7) is 3.62. The van der Waals surface area contributed by atoms with Crippen molar-refractivity contribution in [3.8, 4) is 0 Å². The molecule has 0 aromatic heterocycles. The Hall–Kier alpha value is -1.11. The molecule has 1 atom stereocenters. The zero-order chi connectivity index (χ0) is 10.1. The molecule has 0 radical (unpaired) electrons. The smallest absolute Gasteiger partial charge is 0.136 e. The van der Waals surface area contributed by atoms with Gasteiger partial charge in [-0.15, -0.1) is 0 Å². The molecule has 0 N–H and O–H groups in total. The van der Waals surface area contributed by atoms with E-state index in [9.17, 15) is 4.79 Å². The van der Waals surface area contributed by atoms with Crippen molar-refractivity contribution in [2.75, 3.05) is 0 Å². The number of rotatable bonds is 3. The van der Waals surface area contributed by atoms with Gasteiger partial charge in [0, 0.05) is 5.92 Å². The van der Waals surface area contributed by atoms with Gasteiger partial charge in [0.05, 0.1) is 0 Å². The molecule has 1 unspecified atom stereocenters. The molecule has 74 valence electrons. The summed E-state index contributed by atoms with van der Waals surface area (Å²) in [6, 6.07) is 8.54. The van der Waals surface area contributed by atoms with Crippen molar-refractivity contribution in [1.82, 2.24) is 0 Å². The highest BCUT2D eigenvalue weighted by Gasteiger charge is 2.23. The van der Waals surface area contributed by atoms with Gasteiger partial charge in [-0.3, -0.25) is 4.79 Å². The summed E-state index contributed by atoms with van der Waals surface area (Å²) in [6.07, 6.45) is 2.67. The molecule has 2 rings (SSSR count). The maximum Gasteiger partial charge on any atom is 0.136 e. The largest absolute Gasteiger partial charge is 0.299 e. The Kier molecular flexibility index (Phi) is 2.40. The van der Waals surface area contributed by atoms with E-state index in [0.29, 0.717) is 0 Å². The lowest BCUT2D eigenvalue weighted by Gasteiger charge is -2.08. The van der Waals surface area contributed by atoms with Crippen molar-refractivity contribution in [3.05, 3.63) is 35.4 Å². The first kappa shape index (κ1) is 9.45. The van der Waals surface area contributed by atoms with Crippen LogP contribution in [0.15, 0.2) is 24.3 Å². The third kappa shape index (κ3) is 1.87. The van der Waals surface area contributed by atoms with E-state index < -0.39 is 0 Å². The Bertz CT molecular complexity index is 333. The fraction of sp³-hybridized carbons (Fsp3) is 0.462. The van der Waals surface area contributed by atoms with E-state index in [1.54, 1.807) is 6.92 Å². The van der Waals surface area contributed by atoms with E-state index in [0.717, 1.165) is 11.5 Å². The van der Waals surface area contributed by atoms with Crippen molar-refractivity contribution in [2.24, 2.45) is 0 Å². The van der Waals surface area contributed by atoms with Crippen LogP contribution in [0.25, 0.3) is 0 Å². The monoisotopic (exact) mass is 188 g/mol. The van der Waals surface area contributed by atoms with Gasteiger partial charge in [-0.1, -0.05) is 31.2 Å². The van der Waals surface area contributed by atoms with Gasteiger partial charge < -0.3 is 0 Å². The third-order valence-corrected chi connectivity index (χ3v) is 3.10. The summed E-state index contributed by atoms with van der Waals surface area (Å²) in [5, 5.41) is 0. The number of ketones is 1. The average Bonchev–Trinajstić information content (AvgIpc) is 3.00. The Balaban J connectivity index is 2.16. The van der Waals surface area contributed by atoms with Crippen molar-refractivity contribution in [3.63, 3.8) is 0 Å². The Morgan fingerprint density at radius 3 is 2.29 bits per heavy atom. The summed E-state index contributed by atoms with van der Waals surface area (Å²) < 4.78 is 0. The molecule has 0 heterocycles. The van der Waals surface area contributed by atoms with Gasteiger partial charge in [-0.25, -0.2) is 0 Å². The van der Waals surface area contributed by atoms with Crippen LogP contribution in [0.3, 0.4) is 0 Å². The topological polar surface area (TPSA) is 17.1 Å². The highest BCUT2D eigenvalue weighted by Crippen LogP contribution is 2.40. The second-order valence-electron chi connectivity index (χ2n) is 4.27. The van der Waals surface area contributed by atoms with Gasteiger partial charge in [0.25, 0.3) is 0 Å². The van der Waals surface area contributed by atoms with Crippen molar-refractivity contribution >= 4 is 5.78 Å². The summed E-state index contributed by atoms with van der Waals surface area (Å²) in [5.41, 5.74) is 2.58. The van der Waals surface area contributed by atoms with Crippen LogP contribution in [-0.2, 0) is 4.79 Å². The molecular weight excluding hydrogens is 172 g/mol. The Morgan fingerprint density at radius 1 is 1.29 bits per heavy atom. The number of carbonyl (C=O) groups is 1. The van der Waals surface area contributed by atoms with Gasteiger partial charge in [0.1, 0.15) is 5.78 Å². The maximum atomic E-state index is 11.2. The molecule has 0 saturated heterocycles. The number of Topliss-reactive ketones (excluding diaryl/α,β-unsaturated/α-hetero) is 1. The van der Waals surface area contributed by atoms with Gasteiger partial charge >= 0.3 is 0 Å². The van der Waals surface area contributed by atoms with Crippen LogP contribution in [0.5, 0.6) is 0 Å². The number of hydrogen-bond donors (Lipinski definition) is 0. The molecule has 1 fully saturated rings. The molecule has 1 aliphatic carbocycles. The van der Waals surface area contributed by atoms with E-state index in [-0.39, 0.29) is 11.7 Å². The van der Waals surface area contributed by atoms with Crippen LogP contribution < -0.4 is 0 Å². The number of hydrogen-bond acceptors (Lipinski definition) is 1. The van der Waals surface area contributed by atoms with Crippen molar-refractivity contribution in [2.45, 2.75) is 38.5 Å². The molecule has 0 aliphatic heterocycles. The van der Waals surface area contributed by atoms with Gasteiger partial charge in [0.15, 0.2) is 0 Å². The SMILES string of the molecule is CC(=O)C(C)c1ccc(C2CC2)cc1.